The summed E-state index contributed by atoms with van der Waals surface area (Å²) in [6, 6.07) is 13.3. The molecule has 1 atom stereocenters. The lowest BCUT2D eigenvalue weighted by molar-refractivity contribution is 0.292. The fourth-order valence-corrected chi connectivity index (χ4v) is 2.35. The summed E-state index contributed by atoms with van der Waals surface area (Å²) in [4.78, 5) is 0. The molecular weight excluding hydrogens is 286 g/mol. The van der Waals surface area contributed by atoms with Crippen LogP contribution in [0.25, 0.3) is 0 Å². The average molecular weight is 306 g/mol. The van der Waals surface area contributed by atoms with Crippen LogP contribution in [0.3, 0.4) is 0 Å². The van der Waals surface area contributed by atoms with E-state index in [2.05, 4.69) is 6.92 Å². The van der Waals surface area contributed by atoms with E-state index in [9.17, 15) is 0 Å². The van der Waals surface area contributed by atoms with Crippen molar-refractivity contribution in [3.05, 3.63) is 58.6 Å². The van der Waals surface area contributed by atoms with Crippen LogP contribution in [-0.2, 0) is 6.61 Å². The molecule has 0 heterocycles. The van der Waals surface area contributed by atoms with Crippen LogP contribution in [0.2, 0.25) is 5.02 Å². The molecule has 0 bridgehead atoms. The van der Waals surface area contributed by atoms with E-state index in [0.29, 0.717) is 11.6 Å². The van der Waals surface area contributed by atoms with E-state index in [-0.39, 0.29) is 6.04 Å². The maximum absolute atomic E-state index is 6.12. The lowest BCUT2D eigenvalue weighted by Gasteiger charge is -2.16. The van der Waals surface area contributed by atoms with Crippen molar-refractivity contribution >= 4 is 11.6 Å². The summed E-state index contributed by atoms with van der Waals surface area (Å²) in [5.41, 5.74) is 8.04. The van der Waals surface area contributed by atoms with E-state index in [1.165, 1.54) is 0 Å². The maximum atomic E-state index is 6.12. The molecule has 0 aliphatic carbocycles. The van der Waals surface area contributed by atoms with E-state index in [4.69, 9.17) is 26.8 Å². The normalized spacial score (nSPS) is 12.0. The summed E-state index contributed by atoms with van der Waals surface area (Å²) in [5, 5.41) is 0.660. The van der Waals surface area contributed by atoms with Crippen molar-refractivity contribution in [1.82, 2.24) is 0 Å². The number of rotatable bonds is 6. The second kappa shape index (κ2) is 7.34. The van der Waals surface area contributed by atoms with Gasteiger partial charge in [-0.3, -0.25) is 0 Å². The van der Waals surface area contributed by atoms with Gasteiger partial charge in [-0.2, -0.15) is 0 Å². The van der Waals surface area contributed by atoms with Crippen LogP contribution in [0.5, 0.6) is 11.5 Å². The van der Waals surface area contributed by atoms with Gasteiger partial charge in [-0.05, 0) is 30.7 Å². The summed E-state index contributed by atoms with van der Waals surface area (Å²) in [5.74, 6) is 1.56. The molecule has 2 rings (SSSR count). The minimum absolute atomic E-state index is 0.0255. The molecule has 0 fully saturated rings. The van der Waals surface area contributed by atoms with E-state index in [1.54, 1.807) is 13.2 Å². The van der Waals surface area contributed by atoms with Crippen LogP contribution in [0.4, 0.5) is 0 Å². The number of hydrogen-bond donors (Lipinski definition) is 1. The Morgan fingerprint density at radius 3 is 2.62 bits per heavy atom. The average Bonchev–Trinajstić information content (AvgIpc) is 2.52. The summed E-state index contributed by atoms with van der Waals surface area (Å²) in [7, 11) is 1.63. The zero-order chi connectivity index (χ0) is 15.2. The van der Waals surface area contributed by atoms with E-state index in [0.717, 1.165) is 29.0 Å². The Morgan fingerprint density at radius 1 is 1.14 bits per heavy atom. The number of methoxy groups -OCH3 is 1. The molecule has 0 radical (unpaired) electrons. The first kappa shape index (κ1) is 15.7. The summed E-state index contributed by atoms with van der Waals surface area (Å²) in [6.45, 7) is 2.44. The van der Waals surface area contributed by atoms with Crippen molar-refractivity contribution in [1.29, 1.82) is 0 Å². The van der Waals surface area contributed by atoms with Gasteiger partial charge in [0.1, 0.15) is 18.1 Å². The molecule has 0 saturated heterocycles. The molecule has 2 aromatic rings. The predicted molar refractivity (Wildman–Crippen MR) is 86.0 cm³/mol. The van der Waals surface area contributed by atoms with E-state index in [1.807, 2.05) is 36.4 Å². The highest BCUT2D eigenvalue weighted by Crippen LogP contribution is 2.28. The number of ether oxygens (including phenoxy) is 2. The van der Waals surface area contributed by atoms with Gasteiger partial charge in [0, 0.05) is 22.2 Å². The molecule has 4 heteroatoms. The number of benzene rings is 2. The Kier molecular flexibility index (Phi) is 5.48. The molecule has 112 valence electrons. The third kappa shape index (κ3) is 3.90. The second-order valence-corrected chi connectivity index (χ2v) is 5.23. The Balaban J connectivity index is 2.19. The molecule has 2 aromatic carbocycles. The van der Waals surface area contributed by atoms with Gasteiger partial charge < -0.3 is 15.2 Å². The van der Waals surface area contributed by atoms with Gasteiger partial charge in [-0.15, -0.1) is 0 Å². The van der Waals surface area contributed by atoms with Crippen molar-refractivity contribution < 1.29 is 9.47 Å². The highest BCUT2D eigenvalue weighted by atomic mass is 35.5. The zero-order valence-electron chi connectivity index (χ0n) is 12.3. The Morgan fingerprint density at radius 2 is 1.90 bits per heavy atom. The summed E-state index contributed by atoms with van der Waals surface area (Å²) in [6.07, 6.45) is 0.862. The van der Waals surface area contributed by atoms with Crippen molar-refractivity contribution in [2.75, 3.05) is 7.11 Å². The SMILES string of the molecule is CC[C@@H](N)c1ccccc1OCc1cc(Cl)ccc1OC. The van der Waals surface area contributed by atoms with Crippen LogP contribution in [-0.4, -0.2) is 7.11 Å². The Labute approximate surface area is 130 Å². The summed E-state index contributed by atoms with van der Waals surface area (Å²) < 4.78 is 11.2. The Bertz CT molecular complexity index is 601. The number of hydrogen-bond acceptors (Lipinski definition) is 3. The topological polar surface area (TPSA) is 44.5 Å². The molecule has 3 nitrogen and oxygen atoms in total. The molecule has 2 N–H and O–H groups in total. The first-order valence-corrected chi connectivity index (χ1v) is 7.33. The standard InChI is InChI=1S/C17H20ClNO2/c1-3-15(19)14-6-4-5-7-17(14)21-11-12-10-13(18)8-9-16(12)20-2/h4-10,15H,3,11,19H2,1-2H3/t15-/m1/s1. The van der Waals surface area contributed by atoms with Gasteiger partial charge in [0.25, 0.3) is 0 Å². The fraction of sp³-hybridized carbons (Fsp3) is 0.294. The van der Waals surface area contributed by atoms with Gasteiger partial charge >= 0.3 is 0 Å². The molecule has 0 amide bonds. The third-order valence-corrected chi connectivity index (χ3v) is 3.62. The molecule has 21 heavy (non-hydrogen) atoms. The van der Waals surface area contributed by atoms with Gasteiger partial charge in [-0.25, -0.2) is 0 Å². The lowest BCUT2D eigenvalue weighted by Crippen LogP contribution is -2.11. The fourth-order valence-electron chi connectivity index (χ4n) is 2.15. The highest BCUT2D eigenvalue weighted by molar-refractivity contribution is 6.30. The van der Waals surface area contributed by atoms with Gasteiger partial charge in [-0.1, -0.05) is 36.7 Å². The van der Waals surface area contributed by atoms with Crippen LogP contribution >= 0.6 is 11.6 Å². The smallest absolute Gasteiger partial charge is 0.125 e. The van der Waals surface area contributed by atoms with Crippen LogP contribution < -0.4 is 15.2 Å². The molecule has 0 aliphatic rings. The van der Waals surface area contributed by atoms with Gasteiger partial charge in [0.2, 0.25) is 0 Å². The van der Waals surface area contributed by atoms with Gasteiger partial charge in [0.15, 0.2) is 0 Å². The first-order chi connectivity index (χ1) is 10.2. The highest BCUT2D eigenvalue weighted by Gasteiger charge is 2.11. The second-order valence-electron chi connectivity index (χ2n) is 4.80. The van der Waals surface area contributed by atoms with Crippen molar-refractivity contribution in [2.24, 2.45) is 5.73 Å². The Hall–Kier alpha value is -1.71. The molecule has 0 spiro atoms. The van der Waals surface area contributed by atoms with Gasteiger partial charge in [0.05, 0.1) is 7.11 Å². The van der Waals surface area contributed by atoms with E-state index < -0.39 is 0 Å². The molecular formula is C17H20ClNO2. The van der Waals surface area contributed by atoms with Crippen LogP contribution in [0.1, 0.15) is 30.5 Å². The number of para-hydroxylation sites is 1. The largest absolute Gasteiger partial charge is 0.496 e. The van der Waals surface area contributed by atoms with Crippen molar-refractivity contribution in [3.8, 4) is 11.5 Å². The minimum atomic E-state index is -0.0255. The zero-order valence-corrected chi connectivity index (χ0v) is 13.1. The quantitative estimate of drug-likeness (QED) is 0.863. The molecule has 0 aliphatic heterocycles. The van der Waals surface area contributed by atoms with E-state index >= 15 is 0 Å². The van der Waals surface area contributed by atoms with Crippen molar-refractivity contribution in [3.63, 3.8) is 0 Å². The molecule has 0 unspecified atom stereocenters. The maximum Gasteiger partial charge on any atom is 0.125 e. The number of halogens is 1. The lowest BCUT2D eigenvalue weighted by atomic mass is 10.0. The monoisotopic (exact) mass is 305 g/mol. The number of nitrogens with two attached hydrogens (primary N) is 1. The first-order valence-electron chi connectivity index (χ1n) is 6.95. The third-order valence-electron chi connectivity index (χ3n) is 3.38. The van der Waals surface area contributed by atoms with Crippen LogP contribution in [0, 0.1) is 0 Å². The minimum Gasteiger partial charge on any atom is -0.496 e. The molecule has 0 saturated carbocycles. The van der Waals surface area contributed by atoms with Crippen molar-refractivity contribution in [2.45, 2.75) is 26.0 Å². The predicted octanol–water partition coefficient (Wildman–Crippen LogP) is 4.34. The molecule has 0 aromatic heterocycles. The van der Waals surface area contributed by atoms with Crippen LogP contribution in [0.15, 0.2) is 42.5 Å². The summed E-state index contributed by atoms with van der Waals surface area (Å²) >= 11 is 6.03.